The van der Waals surface area contributed by atoms with Crippen molar-refractivity contribution in [3.05, 3.63) is 70.9 Å². The zero-order valence-corrected chi connectivity index (χ0v) is 17.1. The smallest absolute Gasteiger partial charge is 0.254 e. The minimum atomic E-state index is -0.00324. The van der Waals surface area contributed by atoms with Crippen molar-refractivity contribution in [2.45, 2.75) is 46.1 Å². The Morgan fingerprint density at radius 2 is 1.82 bits per heavy atom. The number of carbonyl (C=O) groups excluding carboxylic acids is 2. The SMILES string of the molecule is CCC(=O)NC1=CC(N(C)C(=O)c2ccc(-c3ccc(C)cc3C)cc2)CC1. The molecule has 3 rings (SSSR count). The third kappa shape index (κ3) is 4.33. The van der Waals surface area contributed by atoms with Crippen molar-refractivity contribution in [1.82, 2.24) is 10.2 Å². The molecule has 0 saturated carbocycles. The molecule has 28 heavy (non-hydrogen) atoms. The van der Waals surface area contributed by atoms with Crippen LogP contribution in [0, 0.1) is 13.8 Å². The predicted octanol–water partition coefficient (Wildman–Crippen LogP) is 4.61. The van der Waals surface area contributed by atoms with Gasteiger partial charge in [-0.3, -0.25) is 9.59 Å². The number of nitrogens with one attached hydrogen (secondary N) is 1. The molecule has 0 spiro atoms. The Hall–Kier alpha value is -2.88. The summed E-state index contributed by atoms with van der Waals surface area (Å²) in [5.41, 5.74) is 6.37. The Kier molecular flexibility index (Phi) is 5.98. The molecular formula is C24H28N2O2. The van der Waals surface area contributed by atoms with Crippen molar-refractivity contribution < 1.29 is 9.59 Å². The third-order valence-electron chi connectivity index (χ3n) is 5.37. The maximum Gasteiger partial charge on any atom is 0.254 e. The normalized spacial score (nSPS) is 15.9. The van der Waals surface area contributed by atoms with E-state index in [1.165, 1.54) is 16.7 Å². The number of aryl methyl sites for hydroxylation is 2. The molecule has 0 aliphatic heterocycles. The standard InChI is InChI=1S/C24H28N2O2/c1-5-23(27)25-20-11-12-21(15-20)26(4)24(28)19-9-7-18(8-10-19)22-13-6-16(2)14-17(22)3/h6-10,13-15,21H,5,11-12H2,1-4H3,(H,25,27). The highest BCUT2D eigenvalue weighted by Crippen LogP contribution is 2.26. The van der Waals surface area contributed by atoms with Crippen LogP contribution < -0.4 is 5.32 Å². The van der Waals surface area contributed by atoms with Gasteiger partial charge in [-0.05, 0) is 61.6 Å². The van der Waals surface area contributed by atoms with E-state index in [2.05, 4.69) is 37.4 Å². The van der Waals surface area contributed by atoms with E-state index in [4.69, 9.17) is 0 Å². The van der Waals surface area contributed by atoms with Crippen LogP contribution in [0.15, 0.2) is 54.2 Å². The molecular weight excluding hydrogens is 348 g/mol. The molecule has 2 amide bonds. The summed E-state index contributed by atoms with van der Waals surface area (Å²) in [7, 11) is 1.83. The second-order valence-electron chi connectivity index (χ2n) is 7.51. The molecule has 2 aromatic carbocycles. The predicted molar refractivity (Wildman–Crippen MR) is 113 cm³/mol. The largest absolute Gasteiger partial charge is 0.335 e. The number of hydrogen-bond donors (Lipinski definition) is 1. The molecule has 1 atom stereocenters. The van der Waals surface area contributed by atoms with Crippen molar-refractivity contribution in [3.63, 3.8) is 0 Å². The molecule has 1 aliphatic carbocycles. The minimum Gasteiger partial charge on any atom is -0.335 e. The van der Waals surface area contributed by atoms with E-state index in [1.807, 2.05) is 44.3 Å². The van der Waals surface area contributed by atoms with Gasteiger partial charge in [0, 0.05) is 24.7 Å². The van der Waals surface area contributed by atoms with Crippen molar-refractivity contribution >= 4 is 11.8 Å². The number of rotatable bonds is 5. The quantitative estimate of drug-likeness (QED) is 0.828. The molecule has 1 unspecified atom stereocenters. The summed E-state index contributed by atoms with van der Waals surface area (Å²) in [4.78, 5) is 26.2. The first kappa shape index (κ1) is 19.9. The van der Waals surface area contributed by atoms with Crippen molar-refractivity contribution in [3.8, 4) is 11.1 Å². The Bertz CT molecular complexity index is 913. The van der Waals surface area contributed by atoms with Crippen LogP contribution in [-0.4, -0.2) is 29.8 Å². The lowest BCUT2D eigenvalue weighted by Gasteiger charge is -2.23. The summed E-state index contributed by atoms with van der Waals surface area (Å²) in [5.74, 6) is 0.0133. The van der Waals surface area contributed by atoms with Gasteiger partial charge in [-0.2, -0.15) is 0 Å². The van der Waals surface area contributed by atoms with E-state index in [0.29, 0.717) is 12.0 Å². The van der Waals surface area contributed by atoms with Gasteiger partial charge in [0.25, 0.3) is 5.91 Å². The number of likely N-dealkylation sites (N-methyl/N-ethyl adjacent to an activating group) is 1. The van der Waals surface area contributed by atoms with Crippen molar-refractivity contribution in [2.24, 2.45) is 0 Å². The fourth-order valence-corrected chi connectivity index (χ4v) is 3.66. The number of benzene rings is 2. The van der Waals surface area contributed by atoms with Gasteiger partial charge in [0.05, 0.1) is 6.04 Å². The highest BCUT2D eigenvalue weighted by atomic mass is 16.2. The van der Waals surface area contributed by atoms with Crippen LogP contribution in [0.3, 0.4) is 0 Å². The summed E-state index contributed by atoms with van der Waals surface area (Å²) < 4.78 is 0. The number of carbonyl (C=O) groups is 2. The molecule has 0 heterocycles. The lowest BCUT2D eigenvalue weighted by atomic mass is 9.97. The fraction of sp³-hybridized carbons (Fsp3) is 0.333. The average molecular weight is 377 g/mol. The monoisotopic (exact) mass is 376 g/mol. The number of nitrogens with zero attached hydrogens (tertiary/aromatic N) is 1. The van der Waals surface area contributed by atoms with E-state index >= 15 is 0 Å². The zero-order chi connectivity index (χ0) is 20.3. The molecule has 4 heteroatoms. The Labute approximate surface area is 167 Å². The Balaban J connectivity index is 1.71. The van der Waals surface area contributed by atoms with E-state index in [9.17, 15) is 9.59 Å². The first-order valence-corrected chi connectivity index (χ1v) is 9.84. The van der Waals surface area contributed by atoms with Crippen LogP contribution in [0.2, 0.25) is 0 Å². The first-order valence-electron chi connectivity index (χ1n) is 9.84. The van der Waals surface area contributed by atoms with E-state index in [-0.39, 0.29) is 17.9 Å². The molecule has 4 nitrogen and oxygen atoms in total. The van der Waals surface area contributed by atoms with Gasteiger partial charge in [0.1, 0.15) is 0 Å². The van der Waals surface area contributed by atoms with Gasteiger partial charge in [-0.1, -0.05) is 42.8 Å². The van der Waals surface area contributed by atoms with Crippen LogP contribution in [0.1, 0.15) is 47.7 Å². The van der Waals surface area contributed by atoms with Crippen LogP contribution in [0.4, 0.5) is 0 Å². The number of amides is 2. The molecule has 0 aromatic heterocycles. The Morgan fingerprint density at radius 1 is 1.11 bits per heavy atom. The Morgan fingerprint density at radius 3 is 2.46 bits per heavy atom. The summed E-state index contributed by atoms with van der Waals surface area (Å²) in [5, 5.41) is 2.91. The lowest BCUT2D eigenvalue weighted by Crippen LogP contribution is -2.34. The average Bonchev–Trinajstić information content (AvgIpc) is 3.15. The maximum absolute atomic E-state index is 12.9. The van der Waals surface area contributed by atoms with Crippen molar-refractivity contribution in [1.29, 1.82) is 0 Å². The van der Waals surface area contributed by atoms with Gasteiger partial charge in [0.2, 0.25) is 5.91 Å². The summed E-state index contributed by atoms with van der Waals surface area (Å²) in [6.45, 7) is 6.03. The highest BCUT2D eigenvalue weighted by molar-refractivity contribution is 5.95. The summed E-state index contributed by atoms with van der Waals surface area (Å²) in [6.07, 6.45) is 4.08. The van der Waals surface area contributed by atoms with E-state index in [0.717, 1.165) is 24.1 Å². The number of hydrogen-bond acceptors (Lipinski definition) is 2. The lowest BCUT2D eigenvalue weighted by molar-refractivity contribution is -0.120. The van der Waals surface area contributed by atoms with Crippen LogP contribution in [0.5, 0.6) is 0 Å². The van der Waals surface area contributed by atoms with Crippen LogP contribution in [0.25, 0.3) is 11.1 Å². The van der Waals surface area contributed by atoms with Crippen LogP contribution in [-0.2, 0) is 4.79 Å². The van der Waals surface area contributed by atoms with E-state index < -0.39 is 0 Å². The zero-order valence-electron chi connectivity index (χ0n) is 17.1. The summed E-state index contributed by atoms with van der Waals surface area (Å²) >= 11 is 0. The topological polar surface area (TPSA) is 49.4 Å². The molecule has 0 saturated heterocycles. The molecule has 1 aliphatic rings. The first-order chi connectivity index (χ1) is 13.4. The van der Waals surface area contributed by atoms with Crippen molar-refractivity contribution in [2.75, 3.05) is 7.05 Å². The molecule has 1 N–H and O–H groups in total. The van der Waals surface area contributed by atoms with Crippen LogP contribution >= 0.6 is 0 Å². The summed E-state index contributed by atoms with van der Waals surface area (Å²) in [6, 6.07) is 14.2. The second kappa shape index (κ2) is 8.42. The van der Waals surface area contributed by atoms with Gasteiger partial charge in [-0.15, -0.1) is 0 Å². The highest BCUT2D eigenvalue weighted by Gasteiger charge is 2.24. The van der Waals surface area contributed by atoms with Gasteiger partial charge in [0.15, 0.2) is 0 Å². The van der Waals surface area contributed by atoms with Gasteiger partial charge >= 0.3 is 0 Å². The van der Waals surface area contributed by atoms with Gasteiger partial charge in [-0.25, -0.2) is 0 Å². The molecule has 0 fully saturated rings. The molecule has 146 valence electrons. The second-order valence-corrected chi connectivity index (χ2v) is 7.51. The minimum absolute atomic E-state index is 0.00324. The third-order valence-corrected chi connectivity index (χ3v) is 5.37. The van der Waals surface area contributed by atoms with Gasteiger partial charge < -0.3 is 10.2 Å². The molecule has 0 bridgehead atoms. The van der Waals surface area contributed by atoms with E-state index in [1.54, 1.807) is 4.90 Å². The maximum atomic E-state index is 12.9. The fourth-order valence-electron chi connectivity index (χ4n) is 3.66. The number of allylic oxidation sites excluding steroid dienone is 1. The molecule has 2 aromatic rings. The molecule has 0 radical (unpaired) electrons.